The summed E-state index contributed by atoms with van der Waals surface area (Å²) < 4.78 is 1.72. The van der Waals surface area contributed by atoms with Crippen molar-refractivity contribution >= 4 is 22.8 Å². The Morgan fingerprint density at radius 1 is 1.26 bits per heavy atom. The third-order valence-electron chi connectivity index (χ3n) is 3.30. The normalized spacial score (nSPS) is 10.8. The van der Waals surface area contributed by atoms with Gasteiger partial charge in [0.2, 0.25) is 0 Å². The van der Waals surface area contributed by atoms with Crippen LogP contribution in [0.25, 0.3) is 10.9 Å². The van der Waals surface area contributed by atoms with Crippen LogP contribution >= 0.6 is 0 Å². The molecule has 0 radical (unpaired) electrons. The topological polar surface area (TPSA) is 99.8 Å². The summed E-state index contributed by atoms with van der Waals surface area (Å²) >= 11 is 0. The number of carboxylic acids is 2. The summed E-state index contributed by atoms with van der Waals surface area (Å²) in [5.74, 6) is -2.56. The highest BCUT2D eigenvalue weighted by atomic mass is 16.4. The largest absolute Gasteiger partial charge is 0.507 e. The Morgan fingerprint density at radius 2 is 1.89 bits per heavy atom. The lowest BCUT2D eigenvalue weighted by atomic mass is 10.1. The third-order valence-corrected chi connectivity index (χ3v) is 3.30. The average molecular weight is 263 g/mol. The number of benzene rings is 1. The van der Waals surface area contributed by atoms with Gasteiger partial charge in [-0.2, -0.15) is 0 Å². The molecule has 1 aromatic carbocycles. The van der Waals surface area contributed by atoms with E-state index in [2.05, 4.69) is 0 Å². The van der Waals surface area contributed by atoms with Crippen molar-refractivity contribution in [2.24, 2.45) is 7.05 Å². The molecule has 0 fully saturated rings. The number of rotatable bonds is 3. The van der Waals surface area contributed by atoms with E-state index < -0.39 is 11.9 Å². The van der Waals surface area contributed by atoms with Crippen molar-refractivity contribution in [2.75, 3.05) is 0 Å². The van der Waals surface area contributed by atoms with Gasteiger partial charge in [-0.25, -0.2) is 4.79 Å². The highest BCUT2D eigenvalue weighted by Crippen LogP contribution is 2.31. The molecule has 0 unspecified atom stereocenters. The second-order valence-corrected chi connectivity index (χ2v) is 4.39. The Balaban J connectivity index is 2.80. The highest BCUT2D eigenvalue weighted by molar-refractivity contribution is 5.99. The summed E-state index contributed by atoms with van der Waals surface area (Å²) in [4.78, 5) is 21.9. The molecule has 1 heterocycles. The van der Waals surface area contributed by atoms with Crippen molar-refractivity contribution in [3.05, 3.63) is 29.0 Å². The first kappa shape index (κ1) is 12.9. The van der Waals surface area contributed by atoms with Gasteiger partial charge in [0.25, 0.3) is 0 Å². The Bertz CT molecular complexity index is 699. The van der Waals surface area contributed by atoms with E-state index in [-0.39, 0.29) is 17.7 Å². The number of carboxylic acid groups (broad SMARTS) is 2. The van der Waals surface area contributed by atoms with Gasteiger partial charge in [0, 0.05) is 23.6 Å². The van der Waals surface area contributed by atoms with E-state index in [0.29, 0.717) is 16.5 Å². The first-order chi connectivity index (χ1) is 8.82. The number of hydrogen-bond acceptors (Lipinski definition) is 3. The lowest BCUT2D eigenvalue weighted by Crippen LogP contribution is -2.01. The molecule has 100 valence electrons. The van der Waals surface area contributed by atoms with Crippen LogP contribution < -0.4 is 0 Å². The smallest absolute Gasteiger partial charge is 0.339 e. The Morgan fingerprint density at radius 3 is 2.42 bits per heavy atom. The lowest BCUT2D eigenvalue weighted by molar-refractivity contribution is -0.136. The zero-order valence-electron chi connectivity index (χ0n) is 10.5. The van der Waals surface area contributed by atoms with Crippen molar-refractivity contribution in [3.63, 3.8) is 0 Å². The van der Waals surface area contributed by atoms with E-state index in [1.54, 1.807) is 18.5 Å². The summed E-state index contributed by atoms with van der Waals surface area (Å²) in [7, 11) is 1.73. The SMILES string of the molecule is Cc1c(CC(=O)O)c2cc(O)c(C(=O)O)cc2n1C. The van der Waals surface area contributed by atoms with E-state index in [0.717, 1.165) is 5.69 Å². The van der Waals surface area contributed by atoms with Gasteiger partial charge >= 0.3 is 11.9 Å². The summed E-state index contributed by atoms with van der Waals surface area (Å²) in [6, 6.07) is 2.66. The maximum Gasteiger partial charge on any atom is 0.339 e. The van der Waals surface area contributed by atoms with E-state index in [1.165, 1.54) is 12.1 Å². The minimum absolute atomic E-state index is 0.172. The van der Waals surface area contributed by atoms with Crippen molar-refractivity contribution in [2.45, 2.75) is 13.3 Å². The van der Waals surface area contributed by atoms with Gasteiger partial charge in [-0.3, -0.25) is 4.79 Å². The van der Waals surface area contributed by atoms with Gasteiger partial charge in [-0.15, -0.1) is 0 Å². The number of aromatic carboxylic acids is 1. The molecule has 6 heteroatoms. The second-order valence-electron chi connectivity index (χ2n) is 4.39. The summed E-state index contributed by atoms with van der Waals surface area (Å²) in [5, 5.41) is 28.1. The molecule has 0 atom stereocenters. The van der Waals surface area contributed by atoms with Gasteiger partial charge in [0.15, 0.2) is 0 Å². The minimum atomic E-state index is -1.22. The summed E-state index contributed by atoms with van der Waals surface area (Å²) in [6.07, 6.45) is -0.172. The molecule has 0 aliphatic heterocycles. The maximum atomic E-state index is 11.0. The van der Waals surface area contributed by atoms with Crippen LogP contribution in [0.15, 0.2) is 12.1 Å². The molecule has 0 aliphatic rings. The lowest BCUT2D eigenvalue weighted by Gasteiger charge is -2.02. The van der Waals surface area contributed by atoms with E-state index in [9.17, 15) is 14.7 Å². The monoisotopic (exact) mass is 263 g/mol. The zero-order valence-corrected chi connectivity index (χ0v) is 10.5. The predicted molar refractivity (Wildman–Crippen MR) is 67.6 cm³/mol. The van der Waals surface area contributed by atoms with Crippen LogP contribution in [0.2, 0.25) is 0 Å². The fourth-order valence-corrected chi connectivity index (χ4v) is 2.22. The van der Waals surface area contributed by atoms with Crippen LogP contribution in [0.3, 0.4) is 0 Å². The summed E-state index contributed by atoms with van der Waals surface area (Å²) in [6.45, 7) is 1.76. The van der Waals surface area contributed by atoms with Crippen LogP contribution in [0.1, 0.15) is 21.6 Å². The van der Waals surface area contributed by atoms with Crippen molar-refractivity contribution < 1.29 is 24.9 Å². The number of aromatic nitrogens is 1. The molecule has 19 heavy (non-hydrogen) atoms. The quantitative estimate of drug-likeness (QED) is 0.779. The standard InChI is InChI=1S/C13H13NO5/c1-6-7(5-12(16)17)8-4-11(15)9(13(18)19)3-10(8)14(6)2/h3-4,15H,5H2,1-2H3,(H,16,17)(H,18,19). The van der Waals surface area contributed by atoms with Crippen molar-refractivity contribution in [1.82, 2.24) is 4.57 Å². The van der Waals surface area contributed by atoms with E-state index in [4.69, 9.17) is 10.2 Å². The number of aryl methyl sites for hydroxylation is 1. The summed E-state index contributed by atoms with van der Waals surface area (Å²) in [5.41, 5.74) is 1.70. The van der Waals surface area contributed by atoms with Crippen LogP contribution in [0.5, 0.6) is 5.75 Å². The van der Waals surface area contributed by atoms with Crippen molar-refractivity contribution in [1.29, 1.82) is 0 Å². The molecule has 0 saturated carbocycles. The predicted octanol–water partition coefficient (Wildman–Crippen LogP) is 1.52. The number of phenols is 1. The average Bonchev–Trinajstić information content (AvgIpc) is 2.52. The molecule has 0 spiro atoms. The van der Waals surface area contributed by atoms with E-state index >= 15 is 0 Å². The minimum Gasteiger partial charge on any atom is -0.507 e. The molecule has 0 amide bonds. The highest BCUT2D eigenvalue weighted by Gasteiger charge is 2.19. The molecule has 0 aliphatic carbocycles. The van der Waals surface area contributed by atoms with Crippen molar-refractivity contribution in [3.8, 4) is 5.75 Å². The molecule has 2 rings (SSSR count). The molecule has 3 N–H and O–H groups in total. The molecule has 1 aromatic heterocycles. The molecule has 6 nitrogen and oxygen atoms in total. The van der Waals surface area contributed by atoms with Crippen LogP contribution in [0, 0.1) is 6.92 Å². The number of aromatic hydroxyl groups is 1. The molecule has 0 bridgehead atoms. The van der Waals surface area contributed by atoms with Gasteiger partial charge < -0.3 is 19.9 Å². The van der Waals surface area contributed by atoms with Gasteiger partial charge in [-0.05, 0) is 24.6 Å². The number of fused-ring (bicyclic) bond motifs is 1. The maximum absolute atomic E-state index is 11.0. The molecular formula is C13H13NO5. The molecule has 2 aromatic rings. The molecule has 0 saturated heterocycles. The first-order valence-corrected chi connectivity index (χ1v) is 5.59. The van der Waals surface area contributed by atoms with Crippen LogP contribution in [-0.4, -0.2) is 31.8 Å². The fourth-order valence-electron chi connectivity index (χ4n) is 2.22. The number of nitrogens with zero attached hydrogens (tertiary/aromatic N) is 1. The van der Waals surface area contributed by atoms with Gasteiger partial charge in [0.1, 0.15) is 11.3 Å². The fraction of sp³-hybridized carbons (Fsp3) is 0.231. The Labute approximate surface area is 108 Å². The second kappa shape index (κ2) is 4.31. The zero-order chi connectivity index (χ0) is 14.3. The van der Waals surface area contributed by atoms with E-state index in [1.807, 2.05) is 0 Å². The van der Waals surface area contributed by atoms with Gasteiger partial charge in [-0.1, -0.05) is 0 Å². The third kappa shape index (κ3) is 2.01. The number of hydrogen-bond donors (Lipinski definition) is 3. The van der Waals surface area contributed by atoms with Crippen LogP contribution in [0.4, 0.5) is 0 Å². The van der Waals surface area contributed by atoms with Gasteiger partial charge in [0.05, 0.1) is 6.42 Å². The van der Waals surface area contributed by atoms with Crippen LogP contribution in [-0.2, 0) is 18.3 Å². The number of carbonyl (C=O) groups is 2. The number of aliphatic carboxylic acids is 1. The first-order valence-electron chi connectivity index (χ1n) is 5.59. The Hall–Kier alpha value is -2.50. The Kier molecular flexibility index (Phi) is 2.94. The molecular weight excluding hydrogens is 250 g/mol.